The first-order chi connectivity index (χ1) is 5.58. The molecule has 3 aliphatic rings. The molecule has 0 radical (unpaired) electrons. The standard InChI is InChI=1S/C9H10Br2O/c1-7-3-2-6(12-7)8(5-10)4-9(7,8)11/h2-3,6H,4-5H2,1H3/t6-,7?,8+,9-/m0/s1. The summed E-state index contributed by atoms with van der Waals surface area (Å²) in [6.07, 6.45) is 5.99. The zero-order chi connectivity index (χ0) is 8.61. The lowest BCUT2D eigenvalue weighted by Crippen LogP contribution is -2.34. The van der Waals surface area contributed by atoms with Crippen molar-refractivity contribution in [2.24, 2.45) is 5.41 Å². The van der Waals surface area contributed by atoms with Gasteiger partial charge < -0.3 is 4.74 Å². The molecule has 1 nitrogen and oxygen atoms in total. The molecule has 1 saturated heterocycles. The van der Waals surface area contributed by atoms with E-state index in [0.717, 1.165) is 5.33 Å². The van der Waals surface area contributed by atoms with Crippen LogP contribution in [0.2, 0.25) is 0 Å². The topological polar surface area (TPSA) is 9.23 Å². The Balaban J connectivity index is 2.13. The van der Waals surface area contributed by atoms with Gasteiger partial charge in [0.05, 0.1) is 10.4 Å². The molecule has 1 saturated carbocycles. The van der Waals surface area contributed by atoms with Crippen LogP contribution in [0.15, 0.2) is 12.2 Å². The van der Waals surface area contributed by atoms with Crippen LogP contribution >= 0.6 is 31.9 Å². The summed E-state index contributed by atoms with van der Waals surface area (Å²) in [5.74, 6) is 0. The van der Waals surface area contributed by atoms with E-state index in [1.54, 1.807) is 0 Å². The van der Waals surface area contributed by atoms with Gasteiger partial charge in [-0.15, -0.1) is 0 Å². The van der Waals surface area contributed by atoms with Gasteiger partial charge in [-0.25, -0.2) is 0 Å². The van der Waals surface area contributed by atoms with Crippen LogP contribution in [0.4, 0.5) is 0 Å². The van der Waals surface area contributed by atoms with Gasteiger partial charge in [-0.1, -0.05) is 44.0 Å². The van der Waals surface area contributed by atoms with Crippen molar-refractivity contribution in [2.45, 2.75) is 29.4 Å². The summed E-state index contributed by atoms with van der Waals surface area (Å²) in [6.45, 7) is 2.18. The fourth-order valence-electron chi connectivity index (χ4n) is 2.75. The van der Waals surface area contributed by atoms with Gasteiger partial charge in [-0.05, 0) is 13.3 Å². The number of halogens is 2. The van der Waals surface area contributed by atoms with Gasteiger partial charge in [0.2, 0.25) is 0 Å². The molecule has 3 rings (SSSR count). The van der Waals surface area contributed by atoms with Crippen molar-refractivity contribution < 1.29 is 4.74 Å². The van der Waals surface area contributed by atoms with Crippen molar-refractivity contribution in [3.8, 4) is 0 Å². The van der Waals surface area contributed by atoms with Crippen LogP contribution in [0.1, 0.15) is 13.3 Å². The first kappa shape index (κ1) is 8.01. The van der Waals surface area contributed by atoms with E-state index in [9.17, 15) is 0 Å². The molecular formula is C9H10Br2O. The molecule has 0 spiro atoms. The highest BCUT2D eigenvalue weighted by atomic mass is 79.9. The van der Waals surface area contributed by atoms with Gasteiger partial charge >= 0.3 is 0 Å². The fraction of sp³-hybridized carbons (Fsp3) is 0.778. The molecule has 0 aromatic carbocycles. The van der Waals surface area contributed by atoms with E-state index < -0.39 is 0 Å². The third-order valence-corrected chi connectivity index (χ3v) is 6.61. The van der Waals surface area contributed by atoms with E-state index >= 15 is 0 Å². The average Bonchev–Trinajstić information content (AvgIpc) is 2.43. The third-order valence-electron chi connectivity index (χ3n) is 3.75. The minimum atomic E-state index is -0.0502. The molecule has 66 valence electrons. The van der Waals surface area contributed by atoms with E-state index in [-0.39, 0.29) is 9.93 Å². The van der Waals surface area contributed by atoms with E-state index in [2.05, 4.69) is 50.9 Å². The van der Waals surface area contributed by atoms with Crippen LogP contribution in [0.25, 0.3) is 0 Å². The van der Waals surface area contributed by atoms with E-state index in [4.69, 9.17) is 4.74 Å². The molecule has 3 heteroatoms. The second kappa shape index (κ2) is 1.86. The van der Waals surface area contributed by atoms with E-state index in [0.29, 0.717) is 11.5 Å². The van der Waals surface area contributed by atoms with E-state index in [1.807, 2.05) is 0 Å². The minimum Gasteiger partial charge on any atom is -0.362 e. The fourth-order valence-corrected chi connectivity index (χ4v) is 5.22. The molecule has 0 N–H and O–H groups in total. The summed E-state index contributed by atoms with van der Waals surface area (Å²) in [5, 5.41) is 1.04. The Labute approximate surface area is 88.8 Å². The van der Waals surface area contributed by atoms with Crippen molar-refractivity contribution in [3.63, 3.8) is 0 Å². The van der Waals surface area contributed by atoms with Gasteiger partial charge in [0.15, 0.2) is 0 Å². The predicted octanol–water partition coefficient (Wildman–Crippen LogP) is 2.63. The molecule has 1 aliphatic carbocycles. The molecule has 0 amide bonds. The highest BCUT2D eigenvalue weighted by Gasteiger charge is 2.83. The quantitative estimate of drug-likeness (QED) is 0.533. The molecule has 2 aliphatic heterocycles. The Morgan fingerprint density at radius 2 is 2.42 bits per heavy atom. The minimum absolute atomic E-state index is 0.0502. The Hall–Kier alpha value is 0.660. The van der Waals surface area contributed by atoms with Gasteiger partial charge in [0, 0.05) is 10.7 Å². The zero-order valence-corrected chi connectivity index (χ0v) is 9.98. The molecule has 12 heavy (non-hydrogen) atoms. The van der Waals surface area contributed by atoms with Crippen molar-refractivity contribution in [3.05, 3.63) is 12.2 Å². The number of alkyl halides is 2. The summed E-state index contributed by atoms with van der Waals surface area (Å²) in [5.41, 5.74) is 0.294. The Kier molecular flexibility index (Phi) is 1.24. The molecule has 1 unspecified atom stereocenters. The normalized spacial score (nSPS) is 65.4. The SMILES string of the molecule is CC12C=C[C@H](O1)[C@]1(CBr)C[C@]21Br. The number of hydrogen-bond acceptors (Lipinski definition) is 1. The monoisotopic (exact) mass is 292 g/mol. The lowest BCUT2D eigenvalue weighted by molar-refractivity contribution is 0.0133. The Morgan fingerprint density at radius 3 is 2.83 bits per heavy atom. The van der Waals surface area contributed by atoms with Crippen molar-refractivity contribution >= 4 is 31.9 Å². The summed E-state index contributed by atoms with van der Waals surface area (Å²) < 4.78 is 6.15. The average molecular weight is 294 g/mol. The molecule has 0 aromatic heterocycles. The smallest absolute Gasteiger partial charge is 0.100 e. The first-order valence-corrected chi connectivity index (χ1v) is 6.12. The number of fused-ring (bicyclic) bond motifs is 5. The Bertz CT molecular complexity index is 288. The summed E-state index contributed by atoms with van der Waals surface area (Å²) in [6, 6.07) is 0. The maximum absolute atomic E-state index is 5.93. The van der Waals surface area contributed by atoms with Crippen molar-refractivity contribution in [2.75, 3.05) is 5.33 Å². The third kappa shape index (κ3) is 0.547. The highest BCUT2D eigenvalue weighted by molar-refractivity contribution is 9.10. The van der Waals surface area contributed by atoms with Crippen molar-refractivity contribution in [1.82, 2.24) is 0 Å². The maximum atomic E-state index is 5.93. The van der Waals surface area contributed by atoms with Gasteiger partial charge in [-0.2, -0.15) is 0 Å². The molecular weight excluding hydrogens is 284 g/mol. The maximum Gasteiger partial charge on any atom is 0.100 e. The lowest BCUT2D eigenvalue weighted by atomic mass is 9.89. The van der Waals surface area contributed by atoms with Gasteiger partial charge in [0.1, 0.15) is 5.60 Å². The lowest BCUT2D eigenvalue weighted by Gasteiger charge is -2.25. The number of rotatable bonds is 1. The molecule has 2 heterocycles. The zero-order valence-electron chi connectivity index (χ0n) is 6.81. The molecule has 0 aromatic rings. The second-order valence-electron chi connectivity index (χ2n) is 4.27. The van der Waals surface area contributed by atoms with Crippen LogP contribution in [0.5, 0.6) is 0 Å². The van der Waals surface area contributed by atoms with Crippen LogP contribution in [-0.4, -0.2) is 21.4 Å². The van der Waals surface area contributed by atoms with E-state index in [1.165, 1.54) is 6.42 Å². The van der Waals surface area contributed by atoms with Crippen LogP contribution in [0, 0.1) is 5.41 Å². The molecule has 4 atom stereocenters. The summed E-state index contributed by atoms with van der Waals surface area (Å²) in [4.78, 5) is 0. The predicted molar refractivity (Wildman–Crippen MR) is 54.9 cm³/mol. The number of ether oxygens (including phenoxy) is 1. The number of hydrogen-bond donors (Lipinski definition) is 0. The van der Waals surface area contributed by atoms with Crippen molar-refractivity contribution in [1.29, 1.82) is 0 Å². The van der Waals surface area contributed by atoms with Crippen LogP contribution in [-0.2, 0) is 4.74 Å². The largest absolute Gasteiger partial charge is 0.362 e. The molecule has 2 bridgehead atoms. The first-order valence-electron chi connectivity index (χ1n) is 4.20. The summed E-state index contributed by atoms with van der Waals surface area (Å²) >= 11 is 7.43. The van der Waals surface area contributed by atoms with Crippen LogP contribution < -0.4 is 0 Å². The Morgan fingerprint density at radius 1 is 1.67 bits per heavy atom. The van der Waals surface area contributed by atoms with Crippen LogP contribution in [0.3, 0.4) is 0 Å². The van der Waals surface area contributed by atoms with Gasteiger partial charge in [0.25, 0.3) is 0 Å². The van der Waals surface area contributed by atoms with Gasteiger partial charge in [-0.3, -0.25) is 0 Å². The highest BCUT2D eigenvalue weighted by Crippen LogP contribution is 2.78. The summed E-state index contributed by atoms with van der Waals surface area (Å²) in [7, 11) is 0. The second-order valence-corrected chi connectivity index (χ2v) is 6.19. The molecule has 2 fully saturated rings.